The maximum absolute atomic E-state index is 5.93. The predicted octanol–water partition coefficient (Wildman–Crippen LogP) is 3.54. The van der Waals surface area contributed by atoms with Gasteiger partial charge >= 0.3 is 0 Å². The van der Waals surface area contributed by atoms with Gasteiger partial charge in [-0.15, -0.1) is 0 Å². The zero-order valence-corrected chi connectivity index (χ0v) is 11.1. The highest BCUT2D eigenvalue weighted by molar-refractivity contribution is 6.30. The Labute approximate surface area is 103 Å². The van der Waals surface area contributed by atoms with Crippen molar-refractivity contribution >= 4 is 17.3 Å². The van der Waals surface area contributed by atoms with Gasteiger partial charge in [-0.05, 0) is 38.1 Å². The Hall–Kier alpha value is -0.730. The van der Waals surface area contributed by atoms with Gasteiger partial charge in [-0.1, -0.05) is 31.0 Å². The number of nitrogens with two attached hydrogens (primary N) is 1. The molecule has 2 N–H and O–H groups in total. The minimum Gasteiger partial charge on any atom is -0.398 e. The third-order valence-corrected chi connectivity index (χ3v) is 3.22. The molecule has 0 fully saturated rings. The van der Waals surface area contributed by atoms with Crippen LogP contribution in [-0.4, -0.2) is 18.0 Å². The van der Waals surface area contributed by atoms with E-state index in [0.717, 1.165) is 17.8 Å². The number of rotatable bonds is 5. The van der Waals surface area contributed by atoms with Crippen LogP contribution in [0, 0.1) is 0 Å². The molecule has 0 spiro atoms. The third-order valence-electron chi connectivity index (χ3n) is 2.99. The molecule has 1 aromatic rings. The Bertz CT molecular complexity index is 339. The number of halogens is 1. The molecule has 0 bridgehead atoms. The lowest BCUT2D eigenvalue weighted by Gasteiger charge is -2.25. The van der Waals surface area contributed by atoms with E-state index in [1.807, 2.05) is 18.2 Å². The number of hydrogen-bond donors (Lipinski definition) is 1. The van der Waals surface area contributed by atoms with Gasteiger partial charge < -0.3 is 5.73 Å². The summed E-state index contributed by atoms with van der Waals surface area (Å²) in [6.07, 6.45) is 2.42. The molecule has 3 heteroatoms. The molecular weight excluding hydrogens is 220 g/mol. The lowest BCUT2D eigenvalue weighted by molar-refractivity contribution is 0.237. The lowest BCUT2D eigenvalue weighted by atomic mass is 10.1. The summed E-state index contributed by atoms with van der Waals surface area (Å²) in [5, 5.41) is 0.700. The standard InChI is InChI=1S/C13H21ClN2/c1-4-5-10(2)16(3)9-11-6-7-12(14)8-13(11)15/h6-8,10H,4-5,9,15H2,1-3H3. The first kappa shape index (κ1) is 13.3. The van der Waals surface area contributed by atoms with Crippen LogP contribution in [0.25, 0.3) is 0 Å². The molecule has 0 aliphatic rings. The Morgan fingerprint density at radius 3 is 2.69 bits per heavy atom. The van der Waals surface area contributed by atoms with Gasteiger partial charge in [-0.25, -0.2) is 0 Å². The molecule has 0 aromatic heterocycles. The zero-order valence-electron chi connectivity index (χ0n) is 10.3. The van der Waals surface area contributed by atoms with Crippen molar-refractivity contribution in [3.8, 4) is 0 Å². The van der Waals surface area contributed by atoms with Crippen LogP contribution in [0.1, 0.15) is 32.3 Å². The number of anilines is 1. The highest BCUT2D eigenvalue weighted by atomic mass is 35.5. The summed E-state index contributed by atoms with van der Waals surface area (Å²) in [4.78, 5) is 2.32. The van der Waals surface area contributed by atoms with Crippen molar-refractivity contribution in [3.63, 3.8) is 0 Å². The van der Waals surface area contributed by atoms with Crippen LogP contribution in [0.4, 0.5) is 5.69 Å². The first-order chi connectivity index (χ1) is 7.54. The summed E-state index contributed by atoms with van der Waals surface area (Å²) < 4.78 is 0. The van der Waals surface area contributed by atoms with E-state index in [2.05, 4.69) is 25.8 Å². The molecule has 1 atom stereocenters. The van der Waals surface area contributed by atoms with E-state index < -0.39 is 0 Å². The maximum atomic E-state index is 5.93. The minimum absolute atomic E-state index is 0.583. The van der Waals surface area contributed by atoms with Gasteiger partial charge in [0, 0.05) is 23.3 Å². The summed E-state index contributed by atoms with van der Waals surface area (Å²) in [5.41, 5.74) is 7.86. The number of benzene rings is 1. The Kier molecular flexibility index (Phi) is 5.10. The van der Waals surface area contributed by atoms with Crippen molar-refractivity contribution in [2.75, 3.05) is 12.8 Å². The summed E-state index contributed by atoms with van der Waals surface area (Å²) in [6.45, 7) is 5.33. The largest absolute Gasteiger partial charge is 0.398 e. The highest BCUT2D eigenvalue weighted by Crippen LogP contribution is 2.20. The molecule has 0 saturated carbocycles. The van der Waals surface area contributed by atoms with E-state index in [0.29, 0.717) is 11.1 Å². The first-order valence-corrected chi connectivity index (χ1v) is 6.16. The smallest absolute Gasteiger partial charge is 0.0426 e. The monoisotopic (exact) mass is 240 g/mol. The van der Waals surface area contributed by atoms with E-state index in [4.69, 9.17) is 17.3 Å². The van der Waals surface area contributed by atoms with Crippen molar-refractivity contribution in [2.24, 2.45) is 0 Å². The fraction of sp³-hybridized carbons (Fsp3) is 0.538. The SMILES string of the molecule is CCCC(C)N(C)Cc1ccc(Cl)cc1N. The first-order valence-electron chi connectivity index (χ1n) is 5.78. The van der Waals surface area contributed by atoms with E-state index in [1.165, 1.54) is 12.8 Å². The van der Waals surface area contributed by atoms with Gasteiger partial charge in [0.05, 0.1) is 0 Å². The lowest BCUT2D eigenvalue weighted by Crippen LogP contribution is -2.28. The van der Waals surface area contributed by atoms with Crippen molar-refractivity contribution in [1.29, 1.82) is 0 Å². The van der Waals surface area contributed by atoms with Crippen LogP contribution < -0.4 is 5.73 Å². The van der Waals surface area contributed by atoms with Gasteiger partial charge in [0.25, 0.3) is 0 Å². The average Bonchev–Trinajstić information content (AvgIpc) is 2.22. The van der Waals surface area contributed by atoms with Gasteiger partial charge in [0.2, 0.25) is 0 Å². The van der Waals surface area contributed by atoms with E-state index in [1.54, 1.807) is 0 Å². The number of hydrogen-bond acceptors (Lipinski definition) is 2. The molecule has 0 amide bonds. The number of nitrogens with zero attached hydrogens (tertiary/aromatic N) is 1. The summed E-state index contributed by atoms with van der Waals surface area (Å²) in [7, 11) is 2.13. The highest BCUT2D eigenvalue weighted by Gasteiger charge is 2.10. The molecule has 90 valence electrons. The zero-order chi connectivity index (χ0) is 12.1. The molecule has 1 rings (SSSR count). The summed E-state index contributed by atoms with van der Waals surface area (Å²) in [5.74, 6) is 0. The predicted molar refractivity (Wildman–Crippen MR) is 71.7 cm³/mol. The number of nitrogen functional groups attached to an aromatic ring is 1. The second kappa shape index (κ2) is 6.12. The normalized spacial score (nSPS) is 13.1. The summed E-state index contributed by atoms with van der Waals surface area (Å²) >= 11 is 5.87. The molecule has 16 heavy (non-hydrogen) atoms. The van der Waals surface area contributed by atoms with E-state index in [-0.39, 0.29) is 0 Å². The second-order valence-corrected chi connectivity index (χ2v) is 4.83. The van der Waals surface area contributed by atoms with Crippen molar-refractivity contribution in [3.05, 3.63) is 28.8 Å². The quantitative estimate of drug-likeness (QED) is 0.798. The van der Waals surface area contributed by atoms with Crippen LogP contribution in [0.15, 0.2) is 18.2 Å². The fourth-order valence-electron chi connectivity index (χ4n) is 1.77. The second-order valence-electron chi connectivity index (χ2n) is 4.40. The van der Waals surface area contributed by atoms with Crippen LogP contribution in [-0.2, 0) is 6.54 Å². The molecule has 0 aliphatic carbocycles. The van der Waals surface area contributed by atoms with Crippen LogP contribution in [0.3, 0.4) is 0 Å². The van der Waals surface area contributed by atoms with Gasteiger partial charge in [-0.2, -0.15) is 0 Å². The molecule has 0 saturated heterocycles. The Balaban J connectivity index is 2.65. The molecule has 0 heterocycles. The van der Waals surface area contributed by atoms with Crippen LogP contribution >= 0.6 is 11.6 Å². The Morgan fingerprint density at radius 2 is 2.12 bits per heavy atom. The fourth-order valence-corrected chi connectivity index (χ4v) is 1.95. The molecule has 1 aromatic carbocycles. The molecule has 0 aliphatic heterocycles. The molecular formula is C13H21ClN2. The molecule has 2 nitrogen and oxygen atoms in total. The minimum atomic E-state index is 0.583. The topological polar surface area (TPSA) is 29.3 Å². The van der Waals surface area contributed by atoms with E-state index in [9.17, 15) is 0 Å². The molecule has 1 unspecified atom stereocenters. The van der Waals surface area contributed by atoms with Gasteiger partial charge in [0.1, 0.15) is 0 Å². The van der Waals surface area contributed by atoms with Crippen LogP contribution in [0.5, 0.6) is 0 Å². The maximum Gasteiger partial charge on any atom is 0.0426 e. The van der Waals surface area contributed by atoms with E-state index >= 15 is 0 Å². The van der Waals surface area contributed by atoms with Crippen molar-refractivity contribution < 1.29 is 0 Å². The third kappa shape index (κ3) is 3.69. The van der Waals surface area contributed by atoms with Crippen molar-refractivity contribution in [1.82, 2.24) is 4.90 Å². The van der Waals surface area contributed by atoms with Gasteiger partial charge in [0.15, 0.2) is 0 Å². The summed E-state index contributed by atoms with van der Waals surface area (Å²) in [6, 6.07) is 6.30. The molecule has 0 radical (unpaired) electrons. The van der Waals surface area contributed by atoms with Crippen molar-refractivity contribution in [2.45, 2.75) is 39.3 Å². The van der Waals surface area contributed by atoms with Gasteiger partial charge in [-0.3, -0.25) is 4.90 Å². The Morgan fingerprint density at radius 1 is 1.44 bits per heavy atom. The average molecular weight is 241 g/mol. The van der Waals surface area contributed by atoms with Crippen LogP contribution in [0.2, 0.25) is 5.02 Å².